The van der Waals surface area contributed by atoms with Crippen LogP contribution in [0.3, 0.4) is 0 Å². The zero-order valence-corrected chi connectivity index (χ0v) is 13.8. The predicted octanol–water partition coefficient (Wildman–Crippen LogP) is 1.65. The van der Waals surface area contributed by atoms with E-state index in [2.05, 4.69) is 5.32 Å². The third kappa shape index (κ3) is 4.53. The minimum atomic E-state index is -0.677. The highest BCUT2D eigenvalue weighted by Crippen LogP contribution is 2.19. The second-order valence-corrected chi connectivity index (χ2v) is 5.98. The third-order valence-corrected chi connectivity index (χ3v) is 3.69. The number of aliphatic hydroxyl groups excluding tert-OH is 1. The van der Waals surface area contributed by atoms with E-state index < -0.39 is 6.10 Å². The number of nitrogens with one attached hydrogen (secondary N) is 1. The van der Waals surface area contributed by atoms with Crippen molar-refractivity contribution in [3.63, 3.8) is 0 Å². The lowest BCUT2D eigenvalue weighted by atomic mass is 10.1. The number of β-amino-alcohol motifs (C(OH)–C–C–N with tert-alkyl or cyclic N) is 1. The summed E-state index contributed by atoms with van der Waals surface area (Å²) in [6, 6.07) is 6.83. The molecule has 126 valence electrons. The number of hydrogen-bond donors (Lipinski definition) is 2. The largest absolute Gasteiger partial charge is 0.388 e. The molecule has 1 aliphatic rings. The SMILES string of the molecule is CCC(=O)Nc1cccc(C(=O)N2C[C@@H](O)[C@H](OC(C)C)C2)c1. The lowest BCUT2D eigenvalue weighted by molar-refractivity contribution is -0.115. The Bertz CT molecular complexity index is 573. The van der Waals surface area contributed by atoms with Gasteiger partial charge in [-0.05, 0) is 32.0 Å². The highest BCUT2D eigenvalue weighted by Gasteiger charge is 2.35. The Labute approximate surface area is 136 Å². The number of ether oxygens (including phenoxy) is 1. The Morgan fingerprint density at radius 3 is 2.78 bits per heavy atom. The average molecular weight is 320 g/mol. The number of likely N-dealkylation sites (tertiary alicyclic amines) is 1. The van der Waals surface area contributed by atoms with Gasteiger partial charge in [-0.25, -0.2) is 0 Å². The van der Waals surface area contributed by atoms with Gasteiger partial charge >= 0.3 is 0 Å². The summed E-state index contributed by atoms with van der Waals surface area (Å²) < 4.78 is 5.63. The fourth-order valence-electron chi connectivity index (χ4n) is 2.57. The lowest BCUT2D eigenvalue weighted by Gasteiger charge is -2.18. The molecule has 2 N–H and O–H groups in total. The summed E-state index contributed by atoms with van der Waals surface area (Å²) >= 11 is 0. The quantitative estimate of drug-likeness (QED) is 0.864. The molecule has 0 aromatic heterocycles. The average Bonchev–Trinajstić information content (AvgIpc) is 2.87. The minimum Gasteiger partial charge on any atom is -0.388 e. The van der Waals surface area contributed by atoms with Crippen LogP contribution in [0.15, 0.2) is 24.3 Å². The van der Waals surface area contributed by atoms with Gasteiger partial charge in [-0.15, -0.1) is 0 Å². The first-order valence-corrected chi connectivity index (χ1v) is 7.93. The smallest absolute Gasteiger partial charge is 0.254 e. The molecule has 0 bridgehead atoms. The van der Waals surface area contributed by atoms with E-state index in [9.17, 15) is 14.7 Å². The summed E-state index contributed by atoms with van der Waals surface area (Å²) in [5.74, 6) is -0.275. The summed E-state index contributed by atoms with van der Waals surface area (Å²) in [7, 11) is 0. The van der Waals surface area contributed by atoms with Crippen LogP contribution in [0.1, 0.15) is 37.6 Å². The monoisotopic (exact) mass is 320 g/mol. The van der Waals surface area contributed by atoms with Gasteiger partial charge in [0.15, 0.2) is 0 Å². The molecule has 1 aromatic rings. The number of carbonyl (C=O) groups is 2. The molecule has 1 aromatic carbocycles. The second kappa shape index (κ2) is 7.57. The minimum absolute atomic E-state index is 0.00251. The fraction of sp³-hybridized carbons (Fsp3) is 0.529. The zero-order chi connectivity index (χ0) is 17.0. The Balaban J connectivity index is 2.06. The number of carbonyl (C=O) groups excluding carboxylic acids is 2. The van der Waals surface area contributed by atoms with E-state index in [1.54, 1.807) is 36.1 Å². The predicted molar refractivity (Wildman–Crippen MR) is 87.3 cm³/mol. The highest BCUT2D eigenvalue weighted by molar-refractivity contribution is 5.97. The van der Waals surface area contributed by atoms with Crippen molar-refractivity contribution in [3.8, 4) is 0 Å². The molecular weight excluding hydrogens is 296 g/mol. The highest BCUT2D eigenvalue weighted by atomic mass is 16.5. The number of amides is 2. The number of anilines is 1. The van der Waals surface area contributed by atoms with Crippen molar-refractivity contribution in [2.45, 2.75) is 45.5 Å². The molecule has 0 saturated carbocycles. The molecule has 0 unspecified atom stereocenters. The Kier molecular flexibility index (Phi) is 5.74. The standard InChI is InChI=1S/C17H24N2O4/c1-4-16(21)18-13-7-5-6-12(8-13)17(22)19-9-14(20)15(10-19)23-11(2)3/h5-8,11,14-15,20H,4,9-10H2,1-3H3,(H,18,21)/t14-,15-/m1/s1. The van der Waals surface area contributed by atoms with E-state index in [-0.39, 0.29) is 30.6 Å². The van der Waals surface area contributed by atoms with Crippen molar-refractivity contribution < 1.29 is 19.4 Å². The molecule has 2 amide bonds. The second-order valence-electron chi connectivity index (χ2n) is 5.98. The van der Waals surface area contributed by atoms with Crippen molar-refractivity contribution in [1.29, 1.82) is 0 Å². The first-order valence-electron chi connectivity index (χ1n) is 7.93. The van der Waals surface area contributed by atoms with Gasteiger partial charge in [-0.2, -0.15) is 0 Å². The molecular formula is C17H24N2O4. The Morgan fingerprint density at radius 2 is 2.13 bits per heavy atom. The van der Waals surface area contributed by atoms with Gasteiger partial charge in [-0.1, -0.05) is 13.0 Å². The van der Waals surface area contributed by atoms with E-state index >= 15 is 0 Å². The van der Waals surface area contributed by atoms with Crippen LogP contribution in [0.2, 0.25) is 0 Å². The van der Waals surface area contributed by atoms with Gasteiger partial charge in [0.25, 0.3) is 5.91 Å². The molecule has 0 spiro atoms. The van der Waals surface area contributed by atoms with Crippen LogP contribution in [0.4, 0.5) is 5.69 Å². The van der Waals surface area contributed by atoms with Gasteiger partial charge in [-0.3, -0.25) is 9.59 Å². The number of rotatable bonds is 5. The topological polar surface area (TPSA) is 78.9 Å². The van der Waals surface area contributed by atoms with Crippen molar-refractivity contribution in [3.05, 3.63) is 29.8 Å². The van der Waals surface area contributed by atoms with Crippen LogP contribution in [0.25, 0.3) is 0 Å². The summed E-state index contributed by atoms with van der Waals surface area (Å²) in [4.78, 5) is 25.6. The number of nitrogens with zero attached hydrogens (tertiary/aromatic N) is 1. The van der Waals surface area contributed by atoms with Gasteiger partial charge in [0.1, 0.15) is 6.10 Å². The summed E-state index contributed by atoms with van der Waals surface area (Å²) in [5, 5.41) is 12.8. The van der Waals surface area contributed by atoms with E-state index in [0.717, 1.165) is 0 Å². The van der Waals surface area contributed by atoms with E-state index in [4.69, 9.17) is 4.74 Å². The summed E-state index contributed by atoms with van der Waals surface area (Å²) in [5.41, 5.74) is 1.08. The maximum Gasteiger partial charge on any atom is 0.254 e. The maximum absolute atomic E-state index is 12.6. The summed E-state index contributed by atoms with van der Waals surface area (Å²) in [6.07, 6.45) is -0.659. The normalized spacial score (nSPS) is 20.8. The molecule has 0 radical (unpaired) electrons. The van der Waals surface area contributed by atoms with E-state index in [1.807, 2.05) is 13.8 Å². The number of aliphatic hydroxyl groups is 1. The molecule has 2 atom stereocenters. The molecule has 1 saturated heterocycles. The number of benzene rings is 1. The van der Waals surface area contributed by atoms with Crippen LogP contribution in [-0.2, 0) is 9.53 Å². The lowest BCUT2D eigenvalue weighted by Crippen LogP contribution is -2.31. The fourth-order valence-corrected chi connectivity index (χ4v) is 2.57. The van der Waals surface area contributed by atoms with E-state index in [1.165, 1.54) is 0 Å². The molecule has 1 fully saturated rings. The first kappa shape index (κ1) is 17.4. The van der Waals surface area contributed by atoms with Gasteiger partial charge in [0, 0.05) is 30.8 Å². The molecule has 1 heterocycles. The maximum atomic E-state index is 12.6. The molecule has 1 aliphatic heterocycles. The van der Waals surface area contributed by atoms with Gasteiger partial charge in [0.2, 0.25) is 5.91 Å². The number of hydrogen-bond acceptors (Lipinski definition) is 4. The molecule has 6 nitrogen and oxygen atoms in total. The van der Waals surface area contributed by atoms with Crippen LogP contribution in [-0.4, -0.2) is 53.2 Å². The van der Waals surface area contributed by atoms with Crippen LogP contribution < -0.4 is 5.32 Å². The van der Waals surface area contributed by atoms with Crippen molar-refractivity contribution in [2.75, 3.05) is 18.4 Å². The Hall–Kier alpha value is -1.92. The van der Waals surface area contributed by atoms with E-state index in [0.29, 0.717) is 24.2 Å². The molecule has 0 aliphatic carbocycles. The zero-order valence-electron chi connectivity index (χ0n) is 13.8. The first-order chi connectivity index (χ1) is 10.9. The van der Waals surface area contributed by atoms with Gasteiger partial charge in [0.05, 0.1) is 12.2 Å². The summed E-state index contributed by atoms with van der Waals surface area (Å²) in [6.45, 7) is 6.19. The van der Waals surface area contributed by atoms with Crippen LogP contribution >= 0.6 is 0 Å². The molecule has 2 rings (SSSR count). The van der Waals surface area contributed by atoms with Gasteiger partial charge < -0.3 is 20.1 Å². The van der Waals surface area contributed by atoms with Crippen molar-refractivity contribution in [2.24, 2.45) is 0 Å². The van der Waals surface area contributed by atoms with Crippen LogP contribution in [0.5, 0.6) is 0 Å². The Morgan fingerprint density at radius 1 is 1.39 bits per heavy atom. The molecule has 6 heteroatoms. The van der Waals surface area contributed by atoms with Crippen molar-refractivity contribution in [1.82, 2.24) is 4.90 Å². The third-order valence-electron chi connectivity index (χ3n) is 3.69. The van der Waals surface area contributed by atoms with Crippen LogP contribution in [0, 0.1) is 0 Å². The molecule has 23 heavy (non-hydrogen) atoms. The van der Waals surface area contributed by atoms with Crippen molar-refractivity contribution >= 4 is 17.5 Å².